The summed E-state index contributed by atoms with van der Waals surface area (Å²) in [5.41, 5.74) is 1.23. The molecule has 1 aliphatic rings. The van der Waals surface area contributed by atoms with E-state index in [9.17, 15) is 4.79 Å². The van der Waals surface area contributed by atoms with Crippen molar-refractivity contribution in [3.63, 3.8) is 0 Å². The number of ether oxygens (including phenoxy) is 1. The number of halogens is 1. The van der Waals surface area contributed by atoms with Crippen LogP contribution < -0.4 is 5.32 Å². The summed E-state index contributed by atoms with van der Waals surface area (Å²) in [4.78, 5) is 18.6. The number of nitrogens with zero attached hydrogens (tertiary/aromatic N) is 3. The van der Waals surface area contributed by atoms with Crippen molar-refractivity contribution in [2.24, 2.45) is 0 Å². The minimum atomic E-state index is -0.489. The van der Waals surface area contributed by atoms with Gasteiger partial charge in [-0.05, 0) is 32.9 Å². The molecule has 0 aliphatic carbocycles. The van der Waals surface area contributed by atoms with Crippen molar-refractivity contribution in [3.05, 3.63) is 35.2 Å². The number of fused-ring (bicyclic) bond motifs is 1. The summed E-state index contributed by atoms with van der Waals surface area (Å²) in [6.07, 6.45) is 3.48. The van der Waals surface area contributed by atoms with E-state index in [0.29, 0.717) is 24.7 Å². The highest BCUT2D eigenvalue weighted by molar-refractivity contribution is 6.30. The van der Waals surface area contributed by atoms with Crippen LogP contribution in [0.4, 0.5) is 4.79 Å². The first-order valence-corrected chi connectivity index (χ1v) is 8.05. The number of rotatable bonds is 1. The molecule has 0 aromatic carbocycles. The van der Waals surface area contributed by atoms with E-state index in [2.05, 4.69) is 10.3 Å². The van der Waals surface area contributed by atoms with Gasteiger partial charge < -0.3 is 19.4 Å². The molecule has 0 saturated carbocycles. The Balaban J connectivity index is 1.75. The average Bonchev–Trinajstić information content (AvgIpc) is 2.88. The number of aromatic nitrogens is 2. The Kier molecular flexibility index (Phi) is 4.21. The first kappa shape index (κ1) is 16.1. The number of hydrogen-bond acceptors (Lipinski definition) is 4. The van der Waals surface area contributed by atoms with Crippen molar-refractivity contribution in [2.75, 3.05) is 19.6 Å². The smallest absolute Gasteiger partial charge is 0.410 e. The molecule has 1 unspecified atom stereocenters. The molecule has 3 heterocycles. The Morgan fingerprint density at radius 3 is 2.91 bits per heavy atom. The SMILES string of the molecule is CC(C)(C)OC(=O)N1CCNC(c2cn3cc(Cl)ccc3n2)C1. The van der Waals surface area contributed by atoms with Crippen LogP contribution in [0.2, 0.25) is 5.02 Å². The molecule has 1 atom stereocenters. The molecule has 2 aromatic heterocycles. The summed E-state index contributed by atoms with van der Waals surface area (Å²) < 4.78 is 7.35. The quantitative estimate of drug-likeness (QED) is 0.870. The van der Waals surface area contributed by atoms with E-state index in [4.69, 9.17) is 16.3 Å². The summed E-state index contributed by atoms with van der Waals surface area (Å²) in [7, 11) is 0. The van der Waals surface area contributed by atoms with E-state index < -0.39 is 5.60 Å². The largest absolute Gasteiger partial charge is 0.444 e. The van der Waals surface area contributed by atoms with Gasteiger partial charge in [-0.2, -0.15) is 0 Å². The Morgan fingerprint density at radius 2 is 2.17 bits per heavy atom. The second-order valence-electron chi connectivity index (χ2n) is 6.71. The molecular weight excluding hydrogens is 316 g/mol. The van der Waals surface area contributed by atoms with Gasteiger partial charge in [0.25, 0.3) is 0 Å². The maximum atomic E-state index is 12.2. The van der Waals surface area contributed by atoms with Crippen LogP contribution >= 0.6 is 11.6 Å². The Bertz CT molecular complexity index is 722. The summed E-state index contributed by atoms with van der Waals surface area (Å²) in [6.45, 7) is 7.49. The fourth-order valence-electron chi connectivity index (χ4n) is 2.59. The Hall–Kier alpha value is -1.79. The molecule has 0 bridgehead atoms. The van der Waals surface area contributed by atoms with E-state index in [-0.39, 0.29) is 12.1 Å². The third kappa shape index (κ3) is 3.76. The summed E-state index contributed by atoms with van der Waals surface area (Å²) in [6, 6.07) is 3.67. The minimum Gasteiger partial charge on any atom is -0.444 e. The van der Waals surface area contributed by atoms with Crippen molar-refractivity contribution >= 4 is 23.3 Å². The van der Waals surface area contributed by atoms with Gasteiger partial charge in [-0.25, -0.2) is 9.78 Å². The summed E-state index contributed by atoms with van der Waals surface area (Å²) >= 11 is 6.01. The topological polar surface area (TPSA) is 58.9 Å². The van der Waals surface area contributed by atoms with Crippen molar-refractivity contribution < 1.29 is 9.53 Å². The Morgan fingerprint density at radius 1 is 1.39 bits per heavy atom. The van der Waals surface area contributed by atoms with Crippen LogP contribution in [0.1, 0.15) is 32.5 Å². The first-order chi connectivity index (χ1) is 10.8. The lowest BCUT2D eigenvalue weighted by Crippen LogP contribution is -2.49. The van der Waals surface area contributed by atoms with E-state index in [1.54, 1.807) is 4.90 Å². The third-order valence-electron chi connectivity index (χ3n) is 3.62. The fourth-order valence-corrected chi connectivity index (χ4v) is 2.76. The van der Waals surface area contributed by atoms with E-state index in [1.807, 2.05) is 49.7 Å². The monoisotopic (exact) mass is 336 g/mol. The third-order valence-corrected chi connectivity index (χ3v) is 3.84. The molecule has 0 spiro atoms. The number of carbonyl (C=O) groups excluding carboxylic acids is 1. The van der Waals surface area contributed by atoms with Gasteiger partial charge in [0.1, 0.15) is 11.2 Å². The lowest BCUT2D eigenvalue weighted by atomic mass is 10.1. The second kappa shape index (κ2) is 6.02. The van der Waals surface area contributed by atoms with Gasteiger partial charge in [-0.15, -0.1) is 0 Å². The van der Waals surface area contributed by atoms with Gasteiger partial charge in [0.15, 0.2) is 0 Å². The van der Waals surface area contributed by atoms with Gasteiger partial charge in [0, 0.05) is 32.0 Å². The highest BCUT2D eigenvalue weighted by Crippen LogP contribution is 2.20. The van der Waals surface area contributed by atoms with Gasteiger partial charge in [-0.3, -0.25) is 0 Å². The van der Waals surface area contributed by atoms with Crippen LogP contribution in [0.15, 0.2) is 24.5 Å². The predicted molar refractivity (Wildman–Crippen MR) is 88.8 cm³/mol. The number of pyridine rings is 1. The standard InChI is InChI=1S/C16H21ClN4O2/c1-16(2,3)23-15(22)20-7-6-18-12(9-20)13-10-21-8-11(17)4-5-14(21)19-13/h4-5,8,10,12,18H,6-7,9H2,1-3H3. The molecular formula is C16H21ClN4O2. The van der Waals surface area contributed by atoms with Crippen LogP contribution in [-0.2, 0) is 4.74 Å². The number of piperazine rings is 1. The minimum absolute atomic E-state index is 0.0186. The number of hydrogen-bond donors (Lipinski definition) is 1. The lowest BCUT2D eigenvalue weighted by Gasteiger charge is -2.34. The second-order valence-corrected chi connectivity index (χ2v) is 7.15. The molecule has 124 valence electrons. The van der Waals surface area contributed by atoms with Gasteiger partial charge in [0.2, 0.25) is 0 Å². The normalized spacial score (nSPS) is 19.1. The number of nitrogens with one attached hydrogen (secondary N) is 1. The fraction of sp³-hybridized carbons (Fsp3) is 0.500. The average molecular weight is 337 g/mol. The van der Waals surface area contributed by atoms with Gasteiger partial charge >= 0.3 is 6.09 Å². The predicted octanol–water partition coefficient (Wildman–Crippen LogP) is 2.87. The van der Waals surface area contributed by atoms with Crippen molar-refractivity contribution in [3.8, 4) is 0 Å². The highest BCUT2D eigenvalue weighted by atomic mass is 35.5. The molecule has 6 nitrogen and oxygen atoms in total. The molecule has 1 amide bonds. The molecule has 23 heavy (non-hydrogen) atoms. The molecule has 1 saturated heterocycles. The highest BCUT2D eigenvalue weighted by Gasteiger charge is 2.29. The molecule has 1 N–H and O–H groups in total. The maximum Gasteiger partial charge on any atom is 0.410 e. The van der Waals surface area contributed by atoms with E-state index in [0.717, 1.165) is 11.3 Å². The molecule has 1 aliphatic heterocycles. The molecule has 0 radical (unpaired) electrons. The summed E-state index contributed by atoms with van der Waals surface area (Å²) in [5, 5.41) is 4.06. The van der Waals surface area contributed by atoms with Crippen LogP contribution in [0.3, 0.4) is 0 Å². The van der Waals surface area contributed by atoms with E-state index in [1.165, 1.54) is 0 Å². The van der Waals surface area contributed by atoms with Crippen LogP contribution in [-0.4, -0.2) is 45.6 Å². The maximum absolute atomic E-state index is 12.2. The number of amides is 1. The molecule has 1 fully saturated rings. The zero-order chi connectivity index (χ0) is 16.6. The molecule has 7 heteroatoms. The van der Waals surface area contributed by atoms with Gasteiger partial charge in [-0.1, -0.05) is 11.6 Å². The zero-order valence-electron chi connectivity index (χ0n) is 13.5. The lowest BCUT2D eigenvalue weighted by molar-refractivity contribution is 0.0194. The molecule has 3 rings (SSSR count). The first-order valence-electron chi connectivity index (χ1n) is 7.67. The van der Waals surface area contributed by atoms with Crippen molar-refractivity contribution in [1.29, 1.82) is 0 Å². The van der Waals surface area contributed by atoms with Crippen LogP contribution in [0.25, 0.3) is 5.65 Å². The van der Waals surface area contributed by atoms with Crippen LogP contribution in [0, 0.1) is 0 Å². The van der Waals surface area contributed by atoms with Gasteiger partial charge in [0.05, 0.1) is 16.8 Å². The number of carbonyl (C=O) groups is 1. The van der Waals surface area contributed by atoms with Crippen molar-refractivity contribution in [2.45, 2.75) is 32.4 Å². The van der Waals surface area contributed by atoms with Crippen LogP contribution in [0.5, 0.6) is 0 Å². The Labute approximate surface area is 140 Å². The summed E-state index contributed by atoms with van der Waals surface area (Å²) in [5.74, 6) is 0. The zero-order valence-corrected chi connectivity index (χ0v) is 14.3. The van der Waals surface area contributed by atoms with Crippen molar-refractivity contribution in [1.82, 2.24) is 19.6 Å². The molecule has 2 aromatic rings. The van der Waals surface area contributed by atoms with E-state index >= 15 is 0 Å². The number of imidazole rings is 1.